The molecule has 0 spiro atoms. The Morgan fingerprint density at radius 1 is 1.44 bits per heavy atom. The highest BCUT2D eigenvalue weighted by Crippen LogP contribution is 2.22. The molecule has 0 heterocycles. The van der Waals surface area contributed by atoms with Crippen LogP contribution in [0, 0.1) is 11.8 Å². The molecule has 1 saturated carbocycles. The largest absolute Gasteiger partial charge is 0.481 e. The molecule has 5 nitrogen and oxygen atoms in total. The van der Waals surface area contributed by atoms with E-state index in [0.29, 0.717) is 0 Å². The molecule has 5 heteroatoms. The zero-order valence-electron chi connectivity index (χ0n) is 9.61. The number of nitrogens with one attached hydrogen (secondary N) is 1. The van der Waals surface area contributed by atoms with E-state index in [1.807, 2.05) is 0 Å². The number of rotatable bonds is 4. The fourth-order valence-corrected chi connectivity index (χ4v) is 1.96. The minimum atomic E-state index is -0.895. The topological polar surface area (TPSA) is 92.4 Å². The van der Waals surface area contributed by atoms with Crippen LogP contribution in [0.5, 0.6) is 0 Å². The van der Waals surface area contributed by atoms with Crippen molar-refractivity contribution >= 4 is 11.9 Å². The molecule has 16 heavy (non-hydrogen) atoms. The number of carbonyl (C=O) groups excluding carboxylic acids is 1. The standard InChI is InChI=1S/C11H20N2O3/c1-7(11(15)16)6-13-10(14)8-4-2-3-5-9(8)12/h7-9H,2-6,12H2,1H3,(H,13,14)(H,15,16). The summed E-state index contributed by atoms with van der Waals surface area (Å²) in [6.45, 7) is 1.75. The van der Waals surface area contributed by atoms with Crippen molar-refractivity contribution in [2.75, 3.05) is 6.54 Å². The molecule has 1 fully saturated rings. The fourth-order valence-electron chi connectivity index (χ4n) is 1.96. The highest BCUT2D eigenvalue weighted by molar-refractivity contribution is 5.80. The SMILES string of the molecule is CC(CNC(=O)C1CCCCC1N)C(=O)O. The van der Waals surface area contributed by atoms with Crippen LogP contribution in [0.25, 0.3) is 0 Å². The molecule has 4 N–H and O–H groups in total. The second-order valence-electron chi connectivity index (χ2n) is 4.54. The first-order valence-electron chi connectivity index (χ1n) is 5.78. The summed E-state index contributed by atoms with van der Waals surface area (Å²) < 4.78 is 0. The van der Waals surface area contributed by atoms with Crippen LogP contribution >= 0.6 is 0 Å². The Hall–Kier alpha value is -1.10. The molecular weight excluding hydrogens is 208 g/mol. The summed E-state index contributed by atoms with van der Waals surface area (Å²) in [6, 6.07) is -0.0751. The fraction of sp³-hybridized carbons (Fsp3) is 0.818. The number of hydrogen-bond acceptors (Lipinski definition) is 3. The lowest BCUT2D eigenvalue weighted by molar-refractivity contribution is -0.141. The van der Waals surface area contributed by atoms with Crippen LogP contribution in [0.15, 0.2) is 0 Å². The molecule has 1 amide bonds. The Kier molecular flexibility index (Phi) is 4.73. The first-order valence-corrected chi connectivity index (χ1v) is 5.78. The van der Waals surface area contributed by atoms with E-state index in [0.717, 1.165) is 25.7 Å². The quantitative estimate of drug-likeness (QED) is 0.647. The van der Waals surface area contributed by atoms with Crippen molar-refractivity contribution < 1.29 is 14.7 Å². The number of amides is 1. The summed E-state index contributed by atoms with van der Waals surface area (Å²) in [5.41, 5.74) is 5.87. The van der Waals surface area contributed by atoms with Gasteiger partial charge in [-0.2, -0.15) is 0 Å². The third-order valence-corrected chi connectivity index (χ3v) is 3.16. The normalized spacial score (nSPS) is 27.1. The monoisotopic (exact) mass is 228 g/mol. The maximum atomic E-state index is 11.8. The van der Waals surface area contributed by atoms with Crippen LogP contribution in [0.1, 0.15) is 32.6 Å². The number of carboxylic acid groups (broad SMARTS) is 1. The Balaban J connectivity index is 2.36. The summed E-state index contributed by atoms with van der Waals surface area (Å²) >= 11 is 0. The van der Waals surface area contributed by atoms with Gasteiger partial charge in [0.25, 0.3) is 0 Å². The lowest BCUT2D eigenvalue weighted by Crippen LogP contribution is -2.45. The van der Waals surface area contributed by atoms with Crippen molar-refractivity contribution in [3.8, 4) is 0 Å². The van der Waals surface area contributed by atoms with Crippen molar-refractivity contribution in [3.63, 3.8) is 0 Å². The minimum absolute atomic E-state index is 0.0751. The van der Waals surface area contributed by atoms with Crippen molar-refractivity contribution in [3.05, 3.63) is 0 Å². The molecule has 0 saturated heterocycles. The summed E-state index contributed by atoms with van der Waals surface area (Å²) in [5, 5.41) is 11.3. The first kappa shape index (κ1) is 13.0. The molecule has 1 aliphatic carbocycles. The van der Waals surface area contributed by atoms with Crippen LogP contribution < -0.4 is 11.1 Å². The molecule has 0 aromatic heterocycles. The van der Waals surface area contributed by atoms with Gasteiger partial charge in [-0.1, -0.05) is 19.8 Å². The van der Waals surface area contributed by atoms with Gasteiger partial charge in [0.05, 0.1) is 11.8 Å². The van der Waals surface area contributed by atoms with Gasteiger partial charge in [0.15, 0.2) is 0 Å². The van der Waals surface area contributed by atoms with Crippen molar-refractivity contribution in [2.45, 2.75) is 38.6 Å². The third-order valence-electron chi connectivity index (χ3n) is 3.16. The Morgan fingerprint density at radius 3 is 2.62 bits per heavy atom. The number of carbonyl (C=O) groups is 2. The van der Waals surface area contributed by atoms with Gasteiger partial charge in [-0.3, -0.25) is 9.59 Å². The molecule has 0 bridgehead atoms. The van der Waals surface area contributed by atoms with Gasteiger partial charge < -0.3 is 16.2 Å². The number of aliphatic carboxylic acids is 1. The van der Waals surface area contributed by atoms with E-state index in [9.17, 15) is 9.59 Å². The third kappa shape index (κ3) is 3.48. The van der Waals surface area contributed by atoms with Gasteiger partial charge in [-0.15, -0.1) is 0 Å². The second kappa shape index (κ2) is 5.84. The summed E-state index contributed by atoms with van der Waals surface area (Å²) in [5.74, 6) is -1.69. The zero-order valence-corrected chi connectivity index (χ0v) is 9.61. The van der Waals surface area contributed by atoms with Gasteiger partial charge in [0, 0.05) is 12.6 Å². The molecule has 1 rings (SSSR count). The molecule has 92 valence electrons. The molecule has 0 aliphatic heterocycles. The predicted octanol–water partition coefficient (Wildman–Crippen LogP) is 0.341. The average molecular weight is 228 g/mol. The zero-order chi connectivity index (χ0) is 12.1. The molecular formula is C11H20N2O3. The Morgan fingerprint density at radius 2 is 2.06 bits per heavy atom. The molecule has 0 aromatic rings. The summed E-state index contributed by atoms with van der Waals surface area (Å²) in [4.78, 5) is 22.3. The van der Waals surface area contributed by atoms with Crippen LogP contribution in [0.4, 0.5) is 0 Å². The van der Waals surface area contributed by atoms with Gasteiger partial charge in [-0.05, 0) is 12.8 Å². The van der Waals surface area contributed by atoms with E-state index in [1.54, 1.807) is 6.92 Å². The van der Waals surface area contributed by atoms with Crippen molar-refractivity contribution in [2.24, 2.45) is 17.6 Å². The van der Waals surface area contributed by atoms with Gasteiger partial charge in [0.1, 0.15) is 0 Å². The highest BCUT2D eigenvalue weighted by Gasteiger charge is 2.28. The number of hydrogen-bond donors (Lipinski definition) is 3. The van der Waals surface area contributed by atoms with Gasteiger partial charge >= 0.3 is 5.97 Å². The van der Waals surface area contributed by atoms with E-state index >= 15 is 0 Å². The number of carboxylic acids is 1. The van der Waals surface area contributed by atoms with Gasteiger partial charge in [-0.25, -0.2) is 0 Å². The molecule has 3 atom stereocenters. The summed E-state index contributed by atoms with van der Waals surface area (Å²) in [6.07, 6.45) is 3.80. The second-order valence-corrected chi connectivity index (χ2v) is 4.54. The lowest BCUT2D eigenvalue weighted by atomic mass is 9.84. The number of nitrogens with two attached hydrogens (primary N) is 1. The highest BCUT2D eigenvalue weighted by atomic mass is 16.4. The maximum absolute atomic E-state index is 11.8. The summed E-state index contributed by atoms with van der Waals surface area (Å²) in [7, 11) is 0. The van der Waals surface area contributed by atoms with E-state index < -0.39 is 11.9 Å². The Bertz CT molecular complexity index is 268. The van der Waals surface area contributed by atoms with E-state index in [4.69, 9.17) is 10.8 Å². The van der Waals surface area contributed by atoms with E-state index in [2.05, 4.69) is 5.32 Å². The molecule has 3 unspecified atom stereocenters. The first-order chi connectivity index (χ1) is 7.52. The average Bonchev–Trinajstić information content (AvgIpc) is 2.25. The Labute approximate surface area is 95.4 Å². The smallest absolute Gasteiger partial charge is 0.308 e. The maximum Gasteiger partial charge on any atom is 0.308 e. The predicted molar refractivity (Wildman–Crippen MR) is 59.7 cm³/mol. The lowest BCUT2D eigenvalue weighted by Gasteiger charge is -2.27. The van der Waals surface area contributed by atoms with E-state index in [-0.39, 0.29) is 24.4 Å². The van der Waals surface area contributed by atoms with Crippen LogP contribution in [0.3, 0.4) is 0 Å². The van der Waals surface area contributed by atoms with Crippen LogP contribution in [-0.2, 0) is 9.59 Å². The molecule has 1 aliphatic rings. The van der Waals surface area contributed by atoms with Crippen molar-refractivity contribution in [1.29, 1.82) is 0 Å². The van der Waals surface area contributed by atoms with E-state index in [1.165, 1.54) is 0 Å². The van der Waals surface area contributed by atoms with Crippen LogP contribution in [0.2, 0.25) is 0 Å². The van der Waals surface area contributed by atoms with Gasteiger partial charge in [0.2, 0.25) is 5.91 Å². The molecule has 0 radical (unpaired) electrons. The molecule has 0 aromatic carbocycles. The van der Waals surface area contributed by atoms with Crippen molar-refractivity contribution in [1.82, 2.24) is 5.32 Å². The minimum Gasteiger partial charge on any atom is -0.481 e. The van der Waals surface area contributed by atoms with Crippen LogP contribution in [-0.4, -0.2) is 29.6 Å².